The molecule has 152 valence electrons. The minimum absolute atomic E-state index is 0. The van der Waals surface area contributed by atoms with Gasteiger partial charge in [0.1, 0.15) is 11.4 Å². The van der Waals surface area contributed by atoms with E-state index >= 15 is 4.39 Å². The van der Waals surface area contributed by atoms with Crippen LogP contribution in [0.15, 0.2) is 17.1 Å². The lowest BCUT2D eigenvalue weighted by atomic mass is 10.0. The molecule has 0 amide bonds. The first-order chi connectivity index (χ1) is 12.7. The first-order valence-electron chi connectivity index (χ1n) is 9.31. The number of piperazine rings is 1. The van der Waals surface area contributed by atoms with Gasteiger partial charge in [-0.1, -0.05) is 0 Å². The van der Waals surface area contributed by atoms with Crippen molar-refractivity contribution in [2.75, 3.05) is 25.0 Å². The third-order valence-corrected chi connectivity index (χ3v) is 6.22. The second kappa shape index (κ2) is 7.04. The van der Waals surface area contributed by atoms with E-state index in [2.05, 4.69) is 30.7 Å². The van der Waals surface area contributed by atoms with E-state index in [0.717, 1.165) is 5.56 Å². The predicted molar refractivity (Wildman–Crippen MR) is 110 cm³/mol. The molecule has 28 heavy (non-hydrogen) atoms. The highest BCUT2D eigenvalue weighted by atomic mass is 35.5. The number of halogens is 2. The van der Waals surface area contributed by atoms with Gasteiger partial charge in [0.15, 0.2) is 0 Å². The van der Waals surface area contributed by atoms with Crippen LogP contribution in [0, 0.1) is 5.82 Å². The SMILES string of the molecule is CC1CN(c2c(F)cc3c(=O)c(C(=O)O)cn4c3c2C[C@@H]4C)CC(C)N1C.Cl. The number of carboxylic acids is 1. The minimum atomic E-state index is -1.28. The molecule has 1 saturated heterocycles. The fraction of sp³-hybridized carbons (Fsp3) is 0.500. The molecule has 0 bridgehead atoms. The molecular formula is C20H25ClFN3O3. The van der Waals surface area contributed by atoms with E-state index in [4.69, 9.17) is 0 Å². The zero-order valence-corrected chi connectivity index (χ0v) is 17.2. The predicted octanol–water partition coefficient (Wildman–Crippen LogP) is 2.91. The van der Waals surface area contributed by atoms with Crippen molar-refractivity contribution in [1.82, 2.24) is 9.47 Å². The van der Waals surface area contributed by atoms with Crippen LogP contribution in [0.1, 0.15) is 42.7 Å². The number of pyridine rings is 1. The smallest absolute Gasteiger partial charge is 0.341 e. The lowest BCUT2D eigenvalue weighted by Crippen LogP contribution is -2.55. The van der Waals surface area contributed by atoms with Crippen LogP contribution in [0.2, 0.25) is 0 Å². The Labute approximate surface area is 169 Å². The highest BCUT2D eigenvalue weighted by Gasteiger charge is 2.34. The van der Waals surface area contributed by atoms with Gasteiger partial charge in [-0.3, -0.25) is 9.69 Å². The van der Waals surface area contributed by atoms with Crippen molar-refractivity contribution >= 4 is 35.0 Å². The molecule has 1 N–H and O–H groups in total. The summed E-state index contributed by atoms with van der Waals surface area (Å²) >= 11 is 0. The van der Waals surface area contributed by atoms with E-state index in [9.17, 15) is 14.7 Å². The standard InChI is InChI=1S/C20H24FN3O3.ClH/c1-10-5-13-17-14(19(25)15(20(26)27)9-24(10)17)6-16(21)18(13)23-7-11(2)22(4)12(3)8-23;/h6,9-12H,5,7-8H2,1-4H3,(H,26,27);1H/t10-,11?,12?;/m0./s1. The van der Waals surface area contributed by atoms with Gasteiger partial charge >= 0.3 is 5.97 Å². The summed E-state index contributed by atoms with van der Waals surface area (Å²) < 4.78 is 17.0. The van der Waals surface area contributed by atoms with Crippen molar-refractivity contribution in [3.8, 4) is 0 Å². The van der Waals surface area contributed by atoms with Gasteiger partial charge in [-0.25, -0.2) is 9.18 Å². The average Bonchev–Trinajstić information content (AvgIpc) is 2.91. The Morgan fingerprint density at radius 3 is 2.36 bits per heavy atom. The molecule has 0 radical (unpaired) electrons. The van der Waals surface area contributed by atoms with Crippen LogP contribution in [0.5, 0.6) is 0 Å². The number of hydrogen-bond donors (Lipinski definition) is 1. The Bertz CT molecular complexity index is 1010. The summed E-state index contributed by atoms with van der Waals surface area (Å²) in [7, 11) is 2.08. The molecule has 1 aromatic heterocycles. The number of anilines is 1. The van der Waals surface area contributed by atoms with Crippen LogP contribution in [0.4, 0.5) is 10.1 Å². The van der Waals surface area contributed by atoms with E-state index in [1.807, 2.05) is 11.5 Å². The van der Waals surface area contributed by atoms with E-state index in [1.165, 1.54) is 12.3 Å². The number of rotatable bonds is 2. The van der Waals surface area contributed by atoms with E-state index in [1.54, 1.807) is 0 Å². The monoisotopic (exact) mass is 409 g/mol. The number of aromatic carboxylic acids is 1. The molecule has 0 aliphatic carbocycles. The lowest BCUT2D eigenvalue weighted by molar-refractivity contribution is 0.0694. The van der Waals surface area contributed by atoms with Gasteiger partial charge < -0.3 is 14.6 Å². The van der Waals surface area contributed by atoms with Crippen molar-refractivity contribution in [2.24, 2.45) is 0 Å². The first-order valence-corrected chi connectivity index (χ1v) is 9.31. The number of hydrogen-bond acceptors (Lipinski definition) is 4. The molecule has 2 aliphatic heterocycles. The van der Waals surface area contributed by atoms with Crippen molar-refractivity contribution in [1.29, 1.82) is 0 Å². The maximum Gasteiger partial charge on any atom is 0.341 e. The third kappa shape index (κ3) is 2.88. The fourth-order valence-electron chi connectivity index (χ4n) is 4.57. The molecule has 2 unspecified atom stereocenters. The first kappa shape index (κ1) is 20.6. The Kier molecular flexibility index (Phi) is 5.18. The van der Waals surface area contributed by atoms with Crippen LogP contribution >= 0.6 is 12.4 Å². The van der Waals surface area contributed by atoms with E-state index < -0.39 is 17.2 Å². The Morgan fingerprint density at radius 2 is 1.79 bits per heavy atom. The second-order valence-electron chi connectivity index (χ2n) is 7.99. The fourth-order valence-corrected chi connectivity index (χ4v) is 4.57. The second-order valence-corrected chi connectivity index (χ2v) is 7.99. The topological polar surface area (TPSA) is 65.8 Å². The number of aromatic nitrogens is 1. The van der Waals surface area contributed by atoms with Crippen LogP contribution in [-0.4, -0.2) is 52.8 Å². The summed E-state index contributed by atoms with van der Waals surface area (Å²) in [5, 5.41) is 9.50. The largest absolute Gasteiger partial charge is 0.477 e. The van der Waals surface area contributed by atoms with Crippen molar-refractivity contribution in [2.45, 2.75) is 45.3 Å². The van der Waals surface area contributed by atoms with Crippen LogP contribution in [0.25, 0.3) is 10.9 Å². The maximum absolute atomic E-state index is 15.2. The lowest BCUT2D eigenvalue weighted by Gasteiger charge is -2.44. The summed E-state index contributed by atoms with van der Waals surface area (Å²) in [6, 6.07) is 1.77. The molecule has 8 heteroatoms. The molecule has 2 aliphatic rings. The van der Waals surface area contributed by atoms with Gasteiger partial charge in [-0.15, -0.1) is 12.4 Å². The van der Waals surface area contributed by atoms with Crippen LogP contribution < -0.4 is 10.3 Å². The van der Waals surface area contributed by atoms with Crippen molar-refractivity contribution in [3.05, 3.63) is 39.4 Å². The summed E-state index contributed by atoms with van der Waals surface area (Å²) in [6.07, 6.45) is 1.99. The minimum Gasteiger partial charge on any atom is -0.477 e. The number of benzene rings is 1. The van der Waals surface area contributed by atoms with Gasteiger partial charge in [0.05, 0.1) is 11.2 Å². The molecule has 1 fully saturated rings. The van der Waals surface area contributed by atoms with Gasteiger partial charge in [-0.05, 0) is 40.3 Å². The van der Waals surface area contributed by atoms with Crippen molar-refractivity contribution in [3.63, 3.8) is 0 Å². The quantitative estimate of drug-likeness (QED) is 0.826. The van der Waals surface area contributed by atoms with Gasteiger partial charge in [0.25, 0.3) is 0 Å². The zero-order valence-electron chi connectivity index (χ0n) is 16.4. The number of carboxylic acid groups (broad SMARTS) is 1. The number of likely N-dealkylation sites (N-methyl/N-ethyl adjacent to an activating group) is 1. The Morgan fingerprint density at radius 1 is 1.18 bits per heavy atom. The Balaban J connectivity index is 0.00000225. The number of carbonyl (C=O) groups is 1. The van der Waals surface area contributed by atoms with Crippen LogP contribution in [-0.2, 0) is 6.42 Å². The number of nitrogens with zero attached hydrogens (tertiary/aromatic N) is 3. The molecule has 6 nitrogen and oxygen atoms in total. The molecule has 3 atom stereocenters. The maximum atomic E-state index is 15.2. The summed E-state index contributed by atoms with van der Waals surface area (Å²) in [5.41, 5.74) is 1.13. The molecule has 1 aromatic carbocycles. The normalized spacial score (nSPS) is 24.5. The third-order valence-electron chi connectivity index (χ3n) is 6.22. The summed E-state index contributed by atoms with van der Waals surface area (Å²) in [5.74, 6) is -1.72. The summed E-state index contributed by atoms with van der Waals surface area (Å²) in [6.45, 7) is 7.63. The van der Waals surface area contributed by atoms with Gasteiger partial charge in [0.2, 0.25) is 5.43 Å². The van der Waals surface area contributed by atoms with Gasteiger partial charge in [0, 0.05) is 48.4 Å². The highest BCUT2D eigenvalue weighted by Crippen LogP contribution is 2.40. The molecular weight excluding hydrogens is 385 g/mol. The van der Waals surface area contributed by atoms with Gasteiger partial charge in [-0.2, -0.15) is 0 Å². The average molecular weight is 410 g/mol. The van der Waals surface area contributed by atoms with E-state index in [-0.39, 0.29) is 41.5 Å². The molecule has 4 rings (SSSR count). The van der Waals surface area contributed by atoms with E-state index in [0.29, 0.717) is 30.7 Å². The molecule has 2 aromatic rings. The highest BCUT2D eigenvalue weighted by molar-refractivity contribution is 5.96. The van der Waals surface area contributed by atoms with Crippen molar-refractivity contribution < 1.29 is 14.3 Å². The molecule has 0 saturated carbocycles. The molecule has 0 spiro atoms. The molecule has 3 heterocycles. The van der Waals surface area contributed by atoms with Crippen LogP contribution in [0.3, 0.4) is 0 Å². The summed E-state index contributed by atoms with van der Waals surface area (Å²) in [4.78, 5) is 28.4. The Hall–Kier alpha value is -2.12. The zero-order chi connectivity index (χ0) is 19.6.